The molecule has 0 N–H and O–H groups in total. The molecule has 0 amide bonds. The van der Waals surface area contributed by atoms with E-state index in [1.165, 1.54) is 82.6 Å². The Morgan fingerprint density at radius 1 is 0.353 bits per heavy atom. The van der Waals surface area contributed by atoms with Crippen LogP contribution in [-0.4, -0.2) is 13.7 Å². The van der Waals surface area contributed by atoms with Crippen LogP contribution in [0.3, 0.4) is 0 Å². The van der Waals surface area contributed by atoms with Gasteiger partial charge in [0, 0.05) is 55.3 Å². The topological polar surface area (TPSA) is 14.8 Å². The van der Waals surface area contributed by atoms with Crippen LogP contribution in [0.25, 0.3) is 88.8 Å². The van der Waals surface area contributed by atoms with Crippen molar-refractivity contribution in [3.63, 3.8) is 0 Å². The van der Waals surface area contributed by atoms with Gasteiger partial charge in [-0.1, -0.05) is 109 Å². The second-order valence-corrected chi connectivity index (χ2v) is 13.7. The van der Waals surface area contributed by atoms with E-state index in [2.05, 4.69) is 190 Å². The first-order valence-electron chi connectivity index (χ1n) is 17.8. The van der Waals surface area contributed by atoms with Gasteiger partial charge in [-0.3, -0.25) is 0 Å². The number of hydrogen-bond donors (Lipinski definition) is 0. The maximum absolute atomic E-state index is 2.50. The third-order valence-corrected chi connectivity index (χ3v) is 10.9. The van der Waals surface area contributed by atoms with Crippen LogP contribution in [0.5, 0.6) is 0 Å². The van der Waals surface area contributed by atoms with Gasteiger partial charge in [0.1, 0.15) is 0 Å². The van der Waals surface area contributed by atoms with Crippen molar-refractivity contribution in [3.8, 4) is 28.2 Å². The first-order valence-corrected chi connectivity index (χ1v) is 17.8. The lowest BCUT2D eigenvalue weighted by atomic mass is 10.0. The molecule has 51 heavy (non-hydrogen) atoms. The molecule has 3 heteroatoms. The van der Waals surface area contributed by atoms with E-state index in [0.717, 1.165) is 24.2 Å². The summed E-state index contributed by atoms with van der Waals surface area (Å²) in [5.41, 5.74) is 14.8. The van der Waals surface area contributed by atoms with E-state index in [4.69, 9.17) is 0 Å². The van der Waals surface area contributed by atoms with Crippen LogP contribution in [-0.2, 0) is 6.42 Å². The summed E-state index contributed by atoms with van der Waals surface area (Å²) in [6.45, 7) is 0. The Kier molecular flexibility index (Phi) is 6.08. The first-order chi connectivity index (χ1) is 25.3. The minimum atomic E-state index is 1.04. The molecule has 0 aliphatic heterocycles. The monoisotopic (exact) mass is 651 g/mol. The fourth-order valence-electron chi connectivity index (χ4n) is 8.66. The Morgan fingerprint density at radius 3 is 1.73 bits per heavy atom. The Bertz CT molecular complexity index is 3010. The molecular formula is C48H33N3. The summed E-state index contributed by atoms with van der Waals surface area (Å²) in [4.78, 5) is 0. The fraction of sp³-hybridized carbons (Fsp3) is 0.0417. The molecule has 0 atom stereocenters. The van der Waals surface area contributed by atoms with Crippen molar-refractivity contribution in [1.82, 2.24) is 13.7 Å². The molecule has 11 rings (SSSR count). The lowest BCUT2D eigenvalue weighted by Gasteiger charge is -2.13. The molecule has 0 fully saturated rings. The molecule has 0 bridgehead atoms. The van der Waals surface area contributed by atoms with E-state index in [0.29, 0.717) is 0 Å². The zero-order chi connectivity index (χ0) is 33.5. The Hall–Kier alpha value is -6.58. The van der Waals surface area contributed by atoms with Crippen LogP contribution in [0.4, 0.5) is 0 Å². The summed E-state index contributed by atoms with van der Waals surface area (Å²) in [5.74, 6) is 0. The van der Waals surface area contributed by atoms with Crippen molar-refractivity contribution in [2.24, 2.45) is 0 Å². The number of fused-ring (bicyclic) bond motifs is 9. The highest BCUT2D eigenvalue weighted by atomic mass is 15.0. The summed E-state index contributed by atoms with van der Waals surface area (Å²) < 4.78 is 7.39. The SMILES string of the molecule is C1=Cc2c(n(-c3ccccc3)c3cc4c(cc23)c2ccccc2n4-c2ccc3c(c2)c2ccccc2n3-c2cccc(-c3ccccc3)c2)CC1. The van der Waals surface area contributed by atoms with Crippen molar-refractivity contribution in [3.05, 3.63) is 181 Å². The average Bonchev–Trinajstić information content (AvgIpc) is 3.83. The number of nitrogens with zero attached hydrogens (tertiary/aromatic N) is 3. The molecule has 3 heterocycles. The van der Waals surface area contributed by atoms with Gasteiger partial charge >= 0.3 is 0 Å². The molecule has 0 radical (unpaired) electrons. The second kappa shape index (κ2) is 11.0. The second-order valence-electron chi connectivity index (χ2n) is 13.7. The molecule has 3 nitrogen and oxygen atoms in total. The van der Waals surface area contributed by atoms with Crippen LogP contribution in [0.1, 0.15) is 17.7 Å². The zero-order valence-corrected chi connectivity index (χ0v) is 28.0. The maximum Gasteiger partial charge on any atom is 0.0562 e. The average molecular weight is 652 g/mol. The standard InChI is InChI=1S/C48H33N3/c1-3-14-32(15-4-1)33-16-13-19-35(28-33)50-44-24-11-7-20-37(44)40-29-36(26-27-46(40)50)51-45-25-12-9-22-39(45)42-30-41-38-21-8-10-23-43(38)49(47(41)31-48(42)51)34-17-5-2-6-18-34/h1-9,11-22,24-31H,10,23H2. The van der Waals surface area contributed by atoms with Gasteiger partial charge in [0.05, 0.1) is 27.6 Å². The van der Waals surface area contributed by atoms with E-state index in [1.807, 2.05) is 0 Å². The van der Waals surface area contributed by atoms with Crippen LogP contribution in [0.2, 0.25) is 0 Å². The molecule has 10 aromatic rings. The van der Waals surface area contributed by atoms with E-state index in [1.54, 1.807) is 0 Å². The Labute approximate surface area is 295 Å². The lowest BCUT2D eigenvalue weighted by molar-refractivity contribution is 0.888. The van der Waals surface area contributed by atoms with Crippen LogP contribution < -0.4 is 0 Å². The summed E-state index contributed by atoms with van der Waals surface area (Å²) >= 11 is 0. The summed E-state index contributed by atoms with van der Waals surface area (Å²) in [7, 11) is 0. The lowest BCUT2D eigenvalue weighted by Crippen LogP contribution is -2.02. The predicted molar refractivity (Wildman–Crippen MR) is 215 cm³/mol. The quantitative estimate of drug-likeness (QED) is 0.180. The molecule has 1 aliphatic carbocycles. The molecule has 0 spiro atoms. The highest BCUT2D eigenvalue weighted by molar-refractivity contribution is 6.16. The fourth-order valence-corrected chi connectivity index (χ4v) is 8.66. The molecular weight excluding hydrogens is 619 g/mol. The van der Waals surface area contributed by atoms with Gasteiger partial charge < -0.3 is 13.7 Å². The molecule has 3 aromatic heterocycles. The molecule has 1 aliphatic rings. The summed E-state index contributed by atoms with van der Waals surface area (Å²) in [6, 6.07) is 60.0. The molecule has 7 aromatic carbocycles. The first kappa shape index (κ1) is 28.3. The van der Waals surface area contributed by atoms with Gasteiger partial charge in [-0.25, -0.2) is 0 Å². The van der Waals surface area contributed by atoms with Crippen molar-refractivity contribution in [2.45, 2.75) is 12.8 Å². The number of aromatic nitrogens is 3. The largest absolute Gasteiger partial charge is 0.313 e. The van der Waals surface area contributed by atoms with E-state index in [-0.39, 0.29) is 0 Å². The van der Waals surface area contributed by atoms with Gasteiger partial charge in [-0.05, 0) is 90.7 Å². The van der Waals surface area contributed by atoms with Crippen molar-refractivity contribution >= 4 is 60.6 Å². The summed E-state index contributed by atoms with van der Waals surface area (Å²) in [5, 5.41) is 6.37. The van der Waals surface area contributed by atoms with Gasteiger partial charge in [0.25, 0.3) is 0 Å². The summed E-state index contributed by atoms with van der Waals surface area (Å²) in [6.07, 6.45) is 6.77. The number of hydrogen-bond acceptors (Lipinski definition) is 0. The van der Waals surface area contributed by atoms with Gasteiger partial charge in [-0.2, -0.15) is 0 Å². The van der Waals surface area contributed by atoms with Gasteiger partial charge in [-0.15, -0.1) is 0 Å². The predicted octanol–water partition coefficient (Wildman–Crippen LogP) is 12.5. The molecule has 0 unspecified atom stereocenters. The normalized spacial score (nSPS) is 12.9. The highest BCUT2D eigenvalue weighted by Crippen LogP contribution is 2.41. The third-order valence-electron chi connectivity index (χ3n) is 10.9. The third kappa shape index (κ3) is 4.18. The molecule has 0 saturated carbocycles. The Morgan fingerprint density at radius 2 is 0.941 bits per heavy atom. The zero-order valence-electron chi connectivity index (χ0n) is 28.0. The number of para-hydroxylation sites is 3. The van der Waals surface area contributed by atoms with Crippen molar-refractivity contribution < 1.29 is 0 Å². The number of benzene rings is 7. The number of allylic oxidation sites excluding steroid dienone is 1. The highest BCUT2D eigenvalue weighted by Gasteiger charge is 2.22. The minimum Gasteiger partial charge on any atom is -0.313 e. The molecule has 240 valence electrons. The van der Waals surface area contributed by atoms with E-state index < -0.39 is 0 Å². The van der Waals surface area contributed by atoms with Crippen molar-refractivity contribution in [2.75, 3.05) is 0 Å². The van der Waals surface area contributed by atoms with Crippen molar-refractivity contribution in [1.29, 1.82) is 0 Å². The smallest absolute Gasteiger partial charge is 0.0562 e. The van der Waals surface area contributed by atoms with E-state index in [9.17, 15) is 0 Å². The Balaban J connectivity index is 1.18. The maximum atomic E-state index is 2.50. The van der Waals surface area contributed by atoms with Gasteiger partial charge in [0.15, 0.2) is 0 Å². The van der Waals surface area contributed by atoms with Gasteiger partial charge in [0.2, 0.25) is 0 Å². The number of rotatable bonds is 4. The van der Waals surface area contributed by atoms with E-state index >= 15 is 0 Å². The van der Waals surface area contributed by atoms with Crippen LogP contribution >= 0.6 is 0 Å². The van der Waals surface area contributed by atoms with Crippen LogP contribution in [0, 0.1) is 0 Å². The minimum absolute atomic E-state index is 1.04. The molecule has 0 saturated heterocycles. The van der Waals surface area contributed by atoms with Crippen LogP contribution in [0.15, 0.2) is 170 Å².